The maximum absolute atomic E-state index is 5.23. The second-order valence-electron chi connectivity index (χ2n) is 8.83. The van der Waals surface area contributed by atoms with Gasteiger partial charge in [0.05, 0.1) is 13.2 Å². The lowest BCUT2D eigenvalue weighted by molar-refractivity contribution is 0.0671. The minimum absolute atomic E-state index is 0. The first-order valence-corrected chi connectivity index (χ1v) is 13.0. The number of hydrogen-bond donors (Lipinski definition) is 2. The summed E-state index contributed by atoms with van der Waals surface area (Å²) in [5, 5.41) is 7.27. The van der Waals surface area contributed by atoms with E-state index >= 15 is 0 Å². The number of hydrogen-bond acceptors (Lipinski definition) is 5. The molecule has 8 heteroatoms. The van der Waals surface area contributed by atoms with E-state index in [2.05, 4.69) is 39.1 Å². The van der Waals surface area contributed by atoms with Gasteiger partial charge in [-0.2, -0.15) is 11.8 Å². The van der Waals surface area contributed by atoms with E-state index in [9.17, 15) is 0 Å². The lowest BCUT2D eigenvalue weighted by Gasteiger charge is -2.47. The molecule has 0 spiro atoms. The first kappa shape index (κ1) is 26.5. The molecule has 3 fully saturated rings. The SMILES string of the molecule is CCNC(=NCC1(N2CCSCC2)CCCCC1)NC1CCN(CCOC)CC1.I. The van der Waals surface area contributed by atoms with Gasteiger partial charge in [0.15, 0.2) is 5.96 Å². The maximum Gasteiger partial charge on any atom is 0.191 e. The molecule has 2 N–H and O–H groups in total. The van der Waals surface area contributed by atoms with Crippen LogP contribution in [0.3, 0.4) is 0 Å². The van der Waals surface area contributed by atoms with Crippen molar-refractivity contribution < 1.29 is 4.74 Å². The summed E-state index contributed by atoms with van der Waals surface area (Å²) in [4.78, 5) is 10.5. The Balaban J connectivity index is 0.00000320. The lowest BCUT2D eigenvalue weighted by atomic mass is 9.80. The summed E-state index contributed by atoms with van der Waals surface area (Å²) >= 11 is 2.11. The van der Waals surface area contributed by atoms with Crippen molar-refractivity contribution in [3.05, 3.63) is 0 Å². The Morgan fingerprint density at radius 3 is 2.43 bits per heavy atom. The molecule has 1 saturated carbocycles. The van der Waals surface area contributed by atoms with Gasteiger partial charge in [0.2, 0.25) is 0 Å². The molecule has 3 aliphatic rings. The summed E-state index contributed by atoms with van der Waals surface area (Å²) in [5.41, 5.74) is 0.297. The highest BCUT2D eigenvalue weighted by Gasteiger charge is 2.38. The summed E-state index contributed by atoms with van der Waals surface area (Å²) in [5.74, 6) is 3.59. The van der Waals surface area contributed by atoms with Crippen LogP contribution in [0.4, 0.5) is 0 Å². The molecule has 0 bridgehead atoms. The molecule has 0 amide bonds. The van der Waals surface area contributed by atoms with Crippen LogP contribution in [-0.4, -0.2) is 98.4 Å². The van der Waals surface area contributed by atoms with E-state index in [0.29, 0.717) is 11.6 Å². The van der Waals surface area contributed by atoms with Crippen LogP contribution in [0.15, 0.2) is 4.99 Å². The molecule has 0 atom stereocenters. The minimum Gasteiger partial charge on any atom is -0.383 e. The summed E-state index contributed by atoms with van der Waals surface area (Å²) in [6, 6.07) is 0.528. The average molecular weight is 554 g/mol. The van der Waals surface area contributed by atoms with E-state index in [1.54, 1.807) is 7.11 Å². The van der Waals surface area contributed by atoms with Gasteiger partial charge >= 0.3 is 0 Å². The Morgan fingerprint density at radius 1 is 1.10 bits per heavy atom. The van der Waals surface area contributed by atoms with E-state index in [1.165, 1.54) is 69.5 Å². The average Bonchev–Trinajstić information content (AvgIpc) is 2.78. The Kier molecular flexibility index (Phi) is 12.7. The summed E-state index contributed by atoms with van der Waals surface area (Å²) < 4.78 is 5.23. The molecule has 2 aliphatic heterocycles. The van der Waals surface area contributed by atoms with E-state index in [0.717, 1.165) is 45.3 Å². The standard InChI is InChI=1S/C22H43N5OS.HI/c1-3-23-21(25-20-7-11-26(12-8-20)13-16-28-2)24-19-22(9-5-4-6-10-22)27-14-17-29-18-15-27;/h20H,3-19H2,1-2H3,(H2,23,24,25);1H. The molecule has 0 aromatic heterocycles. The van der Waals surface area contributed by atoms with Gasteiger partial charge < -0.3 is 20.3 Å². The van der Waals surface area contributed by atoms with Crippen molar-refractivity contribution in [1.82, 2.24) is 20.4 Å². The smallest absolute Gasteiger partial charge is 0.191 e. The molecular formula is C22H44IN5OS. The first-order valence-electron chi connectivity index (χ1n) is 11.8. The topological polar surface area (TPSA) is 52.1 Å². The van der Waals surface area contributed by atoms with Crippen molar-refractivity contribution in [2.24, 2.45) is 4.99 Å². The number of methoxy groups -OCH3 is 1. The monoisotopic (exact) mass is 553 g/mol. The van der Waals surface area contributed by atoms with Gasteiger partial charge in [-0.25, -0.2) is 0 Å². The van der Waals surface area contributed by atoms with Crippen LogP contribution in [0.5, 0.6) is 0 Å². The molecule has 2 heterocycles. The van der Waals surface area contributed by atoms with Crippen LogP contribution in [0.25, 0.3) is 0 Å². The van der Waals surface area contributed by atoms with Crippen LogP contribution in [-0.2, 0) is 4.74 Å². The Hall–Kier alpha value is 0.230. The van der Waals surface area contributed by atoms with E-state index in [1.807, 2.05) is 0 Å². The predicted molar refractivity (Wildman–Crippen MR) is 141 cm³/mol. The largest absolute Gasteiger partial charge is 0.383 e. The minimum atomic E-state index is 0. The molecule has 30 heavy (non-hydrogen) atoms. The fourth-order valence-corrected chi connectivity index (χ4v) is 5.99. The Labute approximate surface area is 205 Å². The number of nitrogens with one attached hydrogen (secondary N) is 2. The van der Waals surface area contributed by atoms with E-state index < -0.39 is 0 Å². The lowest BCUT2D eigenvalue weighted by Crippen LogP contribution is -2.56. The third-order valence-corrected chi connectivity index (χ3v) is 7.82. The van der Waals surface area contributed by atoms with Crippen molar-refractivity contribution in [3.63, 3.8) is 0 Å². The summed E-state index contributed by atoms with van der Waals surface area (Å²) in [7, 11) is 1.79. The number of likely N-dealkylation sites (tertiary alicyclic amines) is 1. The Bertz CT molecular complexity index is 490. The van der Waals surface area contributed by atoms with Crippen LogP contribution >= 0.6 is 35.7 Å². The maximum atomic E-state index is 5.23. The van der Waals surface area contributed by atoms with Crippen LogP contribution in [0, 0.1) is 0 Å². The normalized spacial score (nSPS) is 24.3. The fraction of sp³-hybridized carbons (Fsp3) is 0.955. The Morgan fingerprint density at radius 2 is 1.80 bits per heavy atom. The number of piperidine rings is 1. The molecule has 0 aromatic rings. The second kappa shape index (κ2) is 14.4. The van der Waals surface area contributed by atoms with Gasteiger partial charge in [0.1, 0.15) is 0 Å². The quantitative estimate of drug-likeness (QED) is 0.274. The van der Waals surface area contributed by atoms with E-state index in [-0.39, 0.29) is 24.0 Å². The number of aliphatic imine (C=N–C) groups is 1. The van der Waals surface area contributed by atoms with Crippen LogP contribution in [0.1, 0.15) is 51.9 Å². The van der Waals surface area contributed by atoms with Gasteiger partial charge in [-0.3, -0.25) is 9.89 Å². The molecule has 6 nitrogen and oxygen atoms in total. The number of ether oxygens (including phenoxy) is 1. The highest BCUT2D eigenvalue weighted by atomic mass is 127. The zero-order chi connectivity index (χ0) is 20.4. The predicted octanol–water partition coefficient (Wildman–Crippen LogP) is 3.02. The van der Waals surface area contributed by atoms with Crippen LogP contribution in [0.2, 0.25) is 0 Å². The highest BCUT2D eigenvalue weighted by molar-refractivity contribution is 14.0. The van der Waals surface area contributed by atoms with Crippen molar-refractivity contribution in [3.8, 4) is 0 Å². The van der Waals surface area contributed by atoms with E-state index in [4.69, 9.17) is 9.73 Å². The summed E-state index contributed by atoms with van der Waals surface area (Å²) in [6.45, 7) is 10.7. The number of rotatable bonds is 8. The van der Waals surface area contributed by atoms with Crippen molar-refractivity contribution in [2.45, 2.75) is 63.5 Å². The number of guanidine groups is 1. The molecule has 0 radical (unpaired) electrons. The number of nitrogens with zero attached hydrogens (tertiary/aromatic N) is 3. The molecule has 1 aliphatic carbocycles. The molecule has 2 saturated heterocycles. The van der Waals surface area contributed by atoms with Gasteiger partial charge in [-0.15, -0.1) is 24.0 Å². The molecular weight excluding hydrogens is 509 g/mol. The van der Waals surface area contributed by atoms with Gasteiger partial charge in [0.25, 0.3) is 0 Å². The van der Waals surface area contributed by atoms with Gasteiger partial charge in [-0.1, -0.05) is 19.3 Å². The first-order chi connectivity index (χ1) is 14.3. The zero-order valence-electron chi connectivity index (χ0n) is 19.2. The van der Waals surface area contributed by atoms with Crippen molar-refractivity contribution in [1.29, 1.82) is 0 Å². The van der Waals surface area contributed by atoms with Gasteiger partial charge in [0, 0.05) is 69.5 Å². The highest BCUT2D eigenvalue weighted by Crippen LogP contribution is 2.35. The molecule has 0 unspecified atom stereocenters. The van der Waals surface area contributed by atoms with Crippen molar-refractivity contribution in [2.75, 3.05) is 71.0 Å². The molecule has 3 rings (SSSR count). The van der Waals surface area contributed by atoms with Gasteiger partial charge in [-0.05, 0) is 32.6 Å². The van der Waals surface area contributed by atoms with Crippen molar-refractivity contribution >= 4 is 41.7 Å². The number of thioether (sulfide) groups is 1. The number of halogens is 1. The summed E-state index contributed by atoms with van der Waals surface area (Å²) in [6.07, 6.45) is 9.13. The molecule has 0 aromatic carbocycles. The third-order valence-electron chi connectivity index (χ3n) is 6.88. The zero-order valence-corrected chi connectivity index (χ0v) is 22.3. The molecule has 176 valence electrons. The fourth-order valence-electron chi connectivity index (χ4n) is 5.08. The second-order valence-corrected chi connectivity index (χ2v) is 10.1. The third kappa shape index (κ3) is 7.98. The van der Waals surface area contributed by atoms with Crippen LogP contribution < -0.4 is 10.6 Å².